The summed E-state index contributed by atoms with van der Waals surface area (Å²) in [5.41, 5.74) is -0.980. The maximum Gasteiger partial charge on any atom is 0.433 e. The Hall–Kier alpha value is -1.33. The second-order valence-electron chi connectivity index (χ2n) is 2.57. The standard InChI is InChI=1S/C7H7F3N3/c1-13(2)6-11-4-3-5(12-6)7(8,9)10/h3H,1-2H3. The number of halogens is 3. The molecule has 0 aliphatic rings. The first-order valence-electron chi connectivity index (χ1n) is 3.41. The second kappa shape index (κ2) is 3.20. The molecule has 0 unspecified atom stereocenters. The van der Waals surface area contributed by atoms with E-state index in [1.54, 1.807) is 14.1 Å². The Labute approximate surface area is 73.2 Å². The van der Waals surface area contributed by atoms with Gasteiger partial charge in [0.2, 0.25) is 5.95 Å². The highest BCUT2D eigenvalue weighted by Crippen LogP contribution is 2.27. The molecule has 0 atom stereocenters. The molecule has 1 rings (SSSR count). The minimum absolute atomic E-state index is 0.00479. The molecule has 1 aromatic heterocycles. The van der Waals surface area contributed by atoms with Crippen molar-refractivity contribution in [2.75, 3.05) is 19.0 Å². The van der Waals surface area contributed by atoms with Crippen molar-refractivity contribution in [3.8, 4) is 0 Å². The van der Waals surface area contributed by atoms with Gasteiger partial charge in [-0.05, 0) is 6.07 Å². The van der Waals surface area contributed by atoms with E-state index in [9.17, 15) is 13.2 Å². The summed E-state index contributed by atoms with van der Waals surface area (Å²) in [6.07, 6.45) is -2.30. The third-order valence-electron chi connectivity index (χ3n) is 1.28. The Morgan fingerprint density at radius 3 is 2.46 bits per heavy atom. The molecule has 0 spiro atoms. The molecule has 0 bridgehead atoms. The van der Waals surface area contributed by atoms with Crippen molar-refractivity contribution in [3.05, 3.63) is 18.0 Å². The molecule has 0 saturated carbocycles. The summed E-state index contributed by atoms with van der Waals surface area (Å²) in [5, 5.41) is 0. The van der Waals surface area contributed by atoms with Gasteiger partial charge in [-0.25, -0.2) is 9.97 Å². The van der Waals surface area contributed by atoms with Gasteiger partial charge < -0.3 is 4.90 Å². The molecule has 1 heterocycles. The Bertz CT molecular complexity index is 295. The predicted molar refractivity (Wildman–Crippen MR) is 40.2 cm³/mol. The zero-order valence-electron chi connectivity index (χ0n) is 7.05. The van der Waals surface area contributed by atoms with Gasteiger partial charge in [0.05, 0.1) is 6.20 Å². The molecule has 13 heavy (non-hydrogen) atoms. The van der Waals surface area contributed by atoms with Gasteiger partial charge in [-0.1, -0.05) is 0 Å². The molecule has 71 valence electrons. The number of anilines is 1. The Morgan fingerprint density at radius 1 is 1.38 bits per heavy atom. The first-order valence-corrected chi connectivity index (χ1v) is 3.41. The van der Waals surface area contributed by atoms with E-state index in [0.29, 0.717) is 6.07 Å². The second-order valence-corrected chi connectivity index (χ2v) is 2.57. The van der Waals surface area contributed by atoms with Gasteiger partial charge in [-0.3, -0.25) is 0 Å². The van der Waals surface area contributed by atoms with Crippen molar-refractivity contribution in [2.24, 2.45) is 0 Å². The highest BCUT2D eigenvalue weighted by Gasteiger charge is 2.32. The van der Waals surface area contributed by atoms with Crippen LogP contribution in [0.25, 0.3) is 0 Å². The van der Waals surface area contributed by atoms with Gasteiger partial charge in [0.25, 0.3) is 0 Å². The van der Waals surface area contributed by atoms with Crippen LogP contribution in [0.3, 0.4) is 0 Å². The molecule has 3 nitrogen and oxygen atoms in total. The summed E-state index contributed by atoms with van der Waals surface area (Å²) in [6, 6.07) is 0.715. The molecule has 0 aliphatic carbocycles. The molecular weight excluding hydrogens is 183 g/mol. The van der Waals surface area contributed by atoms with Crippen LogP contribution in [0, 0.1) is 6.20 Å². The van der Waals surface area contributed by atoms with Crippen LogP contribution < -0.4 is 4.90 Å². The van der Waals surface area contributed by atoms with Gasteiger partial charge in [-0.2, -0.15) is 13.2 Å². The average molecular weight is 190 g/mol. The Morgan fingerprint density at radius 2 is 2.00 bits per heavy atom. The van der Waals surface area contributed by atoms with Gasteiger partial charge in [-0.15, -0.1) is 0 Å². The number of nitrogens with zero attached hydrogens (tertiary/aromatic N) is 3. The van der Waals surface area contributed by atoms with Gasteiger partial charge in [0, 0.05) is 14.1 Å². The van der Waals surface area contributed by atoms with E-state index >= 15 is 0 Å². The Kier molecular flexibility index (Phi) is 2.40. The maximum atomic E-state index is 12.1. The molecule has 0 amide bonds. The number of hydrogen-bond acceptors (Lipinski definition) is 3. The molecule has 1 aromatic rings. The molecule has 0 aromatic carbocycles. The van der Waals surface area contributed by atoms with Crippen LogP contribution in [0.15, 0.2) is 6.07 Å². The van der Waals surface area contributed by atoms with E-state index in [2.05, 4.69) is 16.2 Å². The monoisotopic (exact) mass is 190 g/mol. The summed E-state index contributed by atoms with van der Waals surface area (Å²) >= 11 is 0. The van der Waals surface area contributed by atoms with Gasteiger partial charge in [0.15, 0.2) is 5.69 Å². The Balaban J connectivity index is 3.06. The summed E-state index contributed by atoms with van der Waals surface area (Å²) in [6.45, 7) is 0. The van der Waals surface area contributed by atoms with E-state index in [-0.39, 0.29) is 5.95 Å². The van der Waals surface area contributed by atoms with E-state index in [1.165, 1.54) is 4.90 Å². The van der Waals surface area contributed by atoms with Crippen LogP contribution in [-0.2, 0) is 6.18 Å². The fourth-order valence-corrected chi connectivity index (χ4v) is 0.661. The highest BCUT2D eigenvalue weighted by molar-refractivity contribution is 5.27. The minimum Gasteiger partial charge on any atom is -0.347 e. The molecule has 0 saturated heterocycles. The zero-order valence-corrected chi connectivity index (χ0v) is 7.05. The molecule has 1 radical (unpaired) electrons. The van der Waals surface area contributed by atoms with E-state index in [1.807, 2.05) is 0 Å². The van der Waals surface area contributed by atoms with Crippen molar-refractivity contribution in [3.63, 3.8) is 0 Å². The maximum absolute atomic E-state index is 12.1. The van der Waals surface area contributed by atoms with Crippen LogP contribution >= 0.6 is 0 Å². The molecular formula is C7H7F3N3. The first kappa shape index (κ1) is 9.76. The molecule has 6 heteroatoms. The lowest BCUT2D eigenvalue weighted by atomic mass is 10.4. The van der Waals surface area contributed by atoms with E-state index in [4.69, 9.17) is 0 Å². The molecule has 0 fully saturated rings. The first-order chi connectivity index (χ1) is 5.91. The lowest BCUT2D eigenvalue weighted by Gasteiger charge is -2.11. The minimum atomic E-state index is -4.44. The third-order valence-corrected chi connectivity index (χ3v) is 1.28. The van der Waals surface area contributed by atoms with E-state index in [0.717, 1.165) is 0 Å². The third kappa shape index (κ3) is 2.30. The zero-order chi connectivity index (χ0) is 10.1. The topological polar surface area (TPSA) is 29.0 Å². The van der Waals surface area contributed by atoms with Crippen LogP contribution in [0.1, 0.15) is 5.69 Å². The normalized spacial score (nSPS) is 11.5. The van der Waals surface area contributed by atoms with Crippen LogP contribution in [0.5, 0.6) is 0 Å². The van der Waals surface area contributed by atoms with E-state index < -0.39 is 11.9 Å². The van der Waals surface area contributed by atoms with Crippen molar-refractivity contribution in [1.29, 1.82) is 0 Å². The summed E-state index contributed by atoms with van der Waals surface area (Å²) in [7, 11) is 3.12. The largest absolute Gasteiger partial charge is 0.433 e. The lowest BCUT2D eigenvalue weighted by Crippen LogP contribution is -2.16. The quantitative estimate of drug-likeness (QED) is 0.669. The van der Waals surface area contributed by atoms with Crippen LogP contribution in [0.4, 0.5) is 19.1 Å². The van der Waals surface area contributed by atoms with Crippen molar-refractivity contribution in [2.45, 2.75) is 6.18 Å². The number of hydrogen-bond donors (Lipinski definition) is 0. The highest BCUT2D eigenvalue weighted by atomic mass is 19.4. The van der Waals surface area contributed by atoms with Crippen LogP contribution in [0.2, 0.25) is 0 Å². The summed E-state index contributed by atoms with van der Waals surface area (Å²) in [4.78, 5) is 8.23. The average Bonchev–Trinajstić information content (AvgIpc) is 2.03. The number of aromatic nitrogens is 2. The number of rotatable bonds is 1. The summed E-state index contributed by atoms with van der Waals surface area (Å²) < 4.78 is 36.3. The fraction of sp³-hybridized carbons (Fsp3) is 0.429. The van der Waals surface area contributed by atoms with Crippen LogP contribution in [-0.4, -0.2) is 24.1 Å². The van der Waals surface area contributed by atoms with Crippen molar-refractivity contribution in [1.82, 2.24) is 9.97 Å². The van der Waals surface area contributed by atoms with Crippen molar-refractivity contribution < 1.29 is 13.2 Å². The summed E-state index contributed by atoms with van der Waals surface area (Å²) in [5.74, 6) is -0.00479. The smallest absolute Gasteiger partial charge is 0.347 e. The molecule has 0 N–H and O–H groups in total. The predicted octanol–water partition coefficient (Wildman–Crippen LogP) is 1.36. The fourth-order valence-electron chi connectivity index (χ4n) is 0.661. The molecule has 0 aliphatic heterocycles. The van der Waals surface area contributed by atoms with Crippen molar-refractivity contribution >= 4 is 5.95 Å². The van der Waals surface area contributed by atoms with Gasteiger partial charge in [0.1, 0.15) is 0 Å². The number of alkyl halides is 3. The van der Waals surface area contributed by atoms with Gasteiger partial charge >= 0.3 is 6.18 Å². The lowest BCUT2D eigenvalue weighted by molar-refractivity contribution is -0.141. The SMILES string of the molecule is CN(C)c1n[c]cc(C(F)(F)F)n1.